The number of hydrogen-bond acceptors (Lipinski definition) is 2. The minimum absolute atomic E-state index is 0.0524. The first-order valence-corrected chi connectivity index (χ1v) is 6.41. The first kappa shape index (κ1) is 11.2. The molecule has 1 N–H and O–H groups in total. The van der Waals surface area contributed by atoms with Crippen LogP contribution in [0.15, 0.2) is 35.4 Å². The van der Waals surface area contributed by atoms with E-state index in [9.17, 15) is 4.79 Å². The Bertz CT molecular complexity index is 626. The zero-order chi connectivity index (χ0) is 12.5. The van der Waals surface area contributed by atoms with Crippen LogP contribution in [-0.4, -0.2) is 9.97 Å². The second kappa shape index (κ2) is 4.41. The van der Waals surface area contributed by atoms with Crippen molar-refractivity contribution in [2.24, 2.45) is 0 Å². The van der Waals surface area contributed by atoms with Crippen molar-refractivity contribution in [3.8, 4) is 11.3 Å². The van der Waals surface area contributed by atoms with Gasteiger partial charge in [-0.1, -0.05) is 30.7 Å². The van der Waals surface area contributed by atoms with Crippen LogP contribution < -0.4 is 5.56 Å². The van der Waals surface area contributed by atoms with Crippen LogP contribution in [0.2, 0.25) is 0 Å². The average molecular weight is 240 g/mol. The van der Waals surface area contributed by atoms with E-state index in [1.54, 1.807) is 0 Å². The Morgan fingerprint density at radius 1 is 1.28 bits per heavy atom. The molecule has 1 saturated carbocycles. The molecule has 3 rings (SSSR count). The van der Waals surface area contributed by atoms with Crippen molar-refractivity contribution >= 4 is 0 Å². The highest BCUT2D eigenvalue weighted by Crippen LogP contribution is 2.40. The number of benzene rings is 1. The molecule has 1 aliphatic carbocycles. The third-order valence-electron chi connectivity index (χ3n) is 3.85. The van der Waals surface area contributed by atoms with Gasteiger partial charge in [-0.25, -0.2) is 4.98 Å². The van der Waals surface area contributed by atoms with E-state index in [2.05, 4.69) is 28.2 Å². The summed E-state index contributed by atoms with van der Waals surface area (Å²) in [5.74, 6) is 0.640. The summed E-state index contributed by atoms with van der Waals surface area (Å²) in [4.78, 5) is 18.7. The smallest absolute Gasteiger partial charge is 0.254 e. The standard InChI is InChI=1S/C15H16N2O/c1-10-14(16-9-17-15(10)18)13-8-3-2-7-12(13)11-5-4-6-11/h2-3,7-9,11H,4-6H2,1H3,(H,16,17,18). The van der Waals surface area contributed by atoms with Crippen molar-refractivity contribution in [1.82, 2.24) is 9.97 Å². The average Bonchev–Trinajstić information content (AvgIpc) is 2.32. The monoisotopic (exact) mass is 240 g/mol. The molecule has 3 heteroatoms. The van der Waals surface area contributed by atoms with E-state index in [-0.39, 0.29) is 5.56 Å². The summed E-state index contributed by atoms with van der Waals surface area (Å²) in [6.45, 7) is 1.83. The SMILES string of the molecule is Cc1c(-c2ccccc2C2CCC2)nc[nH]c1=O. The Labute approximate surface area is 106 Å². The van der Waals surface area contributed by atoms with Crippen LogP contribution in [0.5, 0.6) is 0 Å². The lowest BCUT2D eigenvalue weighted by Crippen LogP contribution is -2.14. The van der Waals surface area contributed by atoms with Crippen LogP contribution in [-0.2, 0) is 0 Å². The van der Waals surface area contributed by atoms with Crippen LogP contribution in [0.4, 0.5) is 0 Å². The zero-order valence-electron chi connectivity index (χ0n) is 10.4. The first-order chi connectivity index (χ1) is 8.77. The fourth-order valence-electron chi connectivity index (χ4n) is 2.53. The van der Waals surface area contributed by atoms with E-state index in [4.69, 9.17) is 0 Å². The maximum Gasteiger partial charge on any atom is 0.254 e. The first-order valence-electron chi connectivity index (χ1n) is 6.41. The Morgan fingerprint density at radius 2 is 2.06 bits per heavy atom. The molecular formula is C15H16N2O. The lowest BCUT2D eigenvalue weighted by Gasteiger charge is -2.28. The van der Waals surface area contributed by atoms with Gasteiger partial charge in [0, 0.05) is 11.1 Å². The molecule has 92 valence electrons. The number of nitrogens with one attached hydrogen (secondary N) is 1. The molecule has 18 heavy (non-hydrogen) atoms. The van der Waals surface area contributed by atoms with Gasteiger partial charge < -0.3 is 4.98 Å². The van der Waals surface area contributed by atoms with Gasteiger partial charge in [0.2, 0.25) is 0 Å². The Balaban J connectivity index is 2.16. The minimum Gasteiger partial charge on any atom is -0.313 e. The van der Waals surface area contributed by atoms with E-state index in [1.165, 1.54) is 31.2 Å². The van der Waals surface area contributed by atoms with E-state index >= 15 is 0 Å². The third-order valence-corrected chi connectivity index (χ3v) is 3.85. The molecule has 2 aromatic rings. The molecule has 3 nitrogen and oxygen atoms in total. The van der Waals surface area contributed by atoms with E-state index in [1.807, 2.05) is 13.0 Å². The van der Waals surface area contributed by atoms with E-state index < -0.39 is 0 Å². The summed E-state index contributed by atoms with van der Waals surface area (Å²) in [6.07, 6.45) is 5.29. The van der Waals surface area contributed by atoms with Crippen molar-refractivity contribution in [1.29, 1.82) is 0 Å². The summed E-state index contributed by atoms with van der Waals surface area (Å²) in [5.41, 5.74) is 3.92. The molecule has 1 aromatic heterocycles. The van der Waals surface area contributed by atoms with Gasteiger partial charge in [-0.05, 0) is 31.2 Å². The largest absolute Gasteiger partial charge is 0.313 e. The fraction of sp³-hybridized carbons (Fsp3) is 0.333. The molecule has 0 unspecified atom stereocenters. The van der Waals surface area contributed by atoms with Crippen molar-refractivity contribution in [2.75, 3.05) is 0 Å². The molecule has 1 aliphatic rings. The summed E-state index contributed by atoms with van der Waals surface area (Å²) in [5, 5.41) is 0. The van der Waals surface area contributed by atoms with Gasteiger partial charge in [-0.2, -0.15) is 0 Å². The molecule has 0 amide bonds. The molecular weight excluding hydrogens is 224 g/mol. The number of aromatic amines is 1. The zero-order valence-corrected chi connectivity index (χ0v) is 10.4. The molecule has 0 aliphatic heterocycles. The quantitative estimate of drug-likeness (QED) is 0.877. The number of H-pyrrole nitrogens is 1. The molecule has 0 radical (unpaired) electrons. The lowest BCUT2D eigenvalue weighted by molar-refractivity contribution is 0.420. The summed E-state index contributed by atoms with van der Waals surface area (Å²) < 4.78 is 0. The van der Waals surface area contributed by atoms with E-state index in [0.717, 1.165) is 11.3 Å². The molecule has 0 saturated heterocycles. The lowest BCUT2D eigenvalue weighted by atomic mass is 9.77. The number of rotatable bonds is 2. The second-order valence-corrected chi connectivity index (χ2v) is 4.92. The predicted molar refractivity (Wildman–Crippen MR) is 71.6 cm³/mol. The van der Waals surface area contributed by atoms with Gasteiger partial charge in [0.05, 0.1) is 12.0 Å². The van der Waals surface area contributed by atoms with Crippen molar-refractivity contribution in [3.05, 3.63) is 52.1 Å². The molecule has 0 atom stereocenters. The molecule has 1 fully saturated rings. The summed E-state index contributed by atoms with van der Waals surface area (Å²) in [7, 11) is 0. The van der Waals surface area contributed by atoms with Gasteiger partial charge in [0.25, 0.3) is 5.56 Å². The van der Waals surface area contributed by atoms with Crippen LogP contribution in [0.1, 0.15) is 36.3 Å². The Kier molecular flexibility index (Phi) is 2.74. The number of nitrogens with zero attached hydrogens (tertiary/aromatic N) is 1. The van der Waals surface area contributed by atoms with Crippen LogP contribution >= 0.6 is 0 Å². The summed E-state index contributed by atoms with van der Waals surface area (Å²) >= 11 is 0. The van der Waals surface area contributed by atoms with Crippen molar-refractivity contribution in [2.45, 2.75) is 32.1 Å². The van der Waals surface area contributed by atoms with Gasteiger partial charge in [0.1, 0.15) is 0 Å². The number of hydrogen-bond donors (Lipinski definition) is 1. The fourth-order valence-corrected chi connectivity index (χ4v) is 2.53. The molecule has 1 aromatic carbocycles. The predicted octanol–water partition coefficient (Wildman–Crippen LogP) is 3.01. The van der Waals surface area contributed by atoms with Gasteiger partial charge >= 0.3 is 0 Å². The Hall–Kier alpha value is -1.90. The maximum absolute atomic E-state index is 11.7. The van der Waals surface area contributed by atoms with Crippen molar-refractivity contribution in [3.63, 3.8) is 0 Å². The summed E-state index contributed by atoms with van der Waals surface area (Å²) in [6, 6.07) is 8.32. The number of aromatic nitrogens is 2. The van der Waals surface area contributed by atoms with Crippen LogP contribution in [0.3, 0.4) is 0 Å². The highest BCUT2D eigenvalue weighted by molar-refractivity contribution is 5.67. The molecule has 0 bridgehead atoms. The maximum atomic E-state index is 11.7. The van der Waals surface area contributed by atoms with Crippen LogP contribution in [0, 0.1) is 6.92 Å². The van der Waals surface area contributed by atoms with Gasteiger partial charge in [-0.3, -0.25) is 4.79 Å². The van der Waals surface area contributed by atoms with Gasteiger partial charge in [-0.15, -0.1) is 0 Å². The normalized spacial score (nSPS) is 15.4. The van der Waals surface area contributed by atoms with E-state index in [0.29, 0.717) is 11.5 Å². The van der Waals surface area contributed by atoms with Crippen LogP contribution in [0.25, 0.3) is 11.3 Å². The highest BCUT2D eigenvalue weighted by atomic mass is 16.1. The highest BCUT2D eigenvalue weighted by Gasteiger charge is 2.23. The second-order valence-electron chi connectivity index (χ2n) is 4.92. The third kappa shape index (κ3) is 1.76. The minimum atomic E-state index is -0.0524. The van der Waals surface area contributed by atoms with Crippen molar-refractivity contribution < 1.29 is 0 Å². The molecule has 0 spiro atoms. The Morgan fingerprint density at radius 3 is 2.78 bits per heavy atom. The van der Waals surface area contributed by atoms with Gasteiger partial charge in [0.15, 0.2) is 0 Å². The molecule has 1 heterocycles. The topological polar surface area (TPSA) is 45.8 Å².